The van der Waals surface area contributed by atoms with E-state index in [9.17, 15) is 8.42 Å². The lowest BCUT2D eigenvalue weighted by Crippen LogP contribution is -2.02. The second-order valence-electron chi connectivity index (χ2n) is 2.25. The summed E-state index contributed by atoms with van der Waals surface area (Å²) in [5.41, 5.74) is 0. The van der Waals surface area contributed by atoms with Crippen molar-refractivity contribution in [3.8, 4) is 11.8 Å². The molecular formula is C8H8O3S2. The second kappa shape index (κ2) is 4.42. The Morgan fingerprint density at radius 1 is 1.62 bits per heavy atom. The average Bonchev–Trinajstić information content (AvgIpc) is 2.48. The monoisotopic (exact) mass is 216 g/mol. The molecule has 0 radical (unpaired) electrons. The lowest BCUT2D eigenvalue weighted by atomic mass is 10.5. The Kier molecular flexibility index (Phi) is 3.48. The maximum atomic E-state index is 10.5. The maximum absolute atomic E-state index is 10.5. The van der Waals surface area contributed by atoms with Crippen LogP contribution in [0.5, 0.6) is 0 Å². The summed E-state index contributed by atoms with van der Waals surface area (Å²) in [6.07, 6.45) is 1.000. The van der Waals surface area contributed by atoms with Gasteiger partial charge in [0.05, 0.1) is 11.1 Å². The average molecular weight is 216 g/mol. The van der Waals surface area contributed by atoms with Gasteiger partial charge in [0.1, 0.15) is 6.61 Å². The molecule has 70 valence electrons. The van der Waals surface area contributed by atoms with Crippen LogP contribution in [0.1, 0.15) is 4.88 Å². The summed E-state index contributed by atoms with van der Waals surface area (Å²) >= 11 is 1.50. The molecule has 13 heavy (non-hydrogen) atoms. The van der Waals surface area contributed by atoms with E-state index in [4.69, 9.17) is 0 Å². The van der Waals surface area contributed by atoms with Crippen molar-refractivity contribution in [3.05, 3.63) is 22.4 Å². The molecule has 1 aromatic rings. The number of hydrogen-bond acceptors (Lipinski definition) is 4. The number of rotatable bonds is 2. The third-order valence-corrected chi connectivity index (χ3v) is 2.41. The van der Waals surface area contributed by atoms with Gasteiger partial charge in [-0.3, -0.25) is 4.18 Å². The molecular weight excluding hydrogens is 208 g/mol. The largest absolute Gasteiger partial charge is 0.265 e. The van der Waals surface area contributed by atoms with Gasteiger partial charge in [0.25, 0.3) is 10.1 Å². The van der Waals surface area contributed by atoms with E-state index in [1.165, 1.54) is 11.3 Å². The van der Waals surface area contributed by atoms with Crippen LogP contribution in [0.3, 0.4) is 0 Å². The van der Waals surface area contributed by atoms with E-state index in [1.54, 1.807) is 0 Å². The van der Waals surface area contributed by atoms with Gasteiger partial charge in [-0.15, -0.1) is 11.3 Å². The third kappa shape index (κ3) is 4.68. The first kappa shape index (κ1) is 10.3. The van der Waals surface area contributed by atoms with Crippen LogP contribution in [0.4, 0.5) is 0 Å². The molecule has 0 bridgehead atoms. The zero-order valence-electron chi connectivity index (χ0n) is 6.98. The van der Waals surface area contributed by atoms with E-state index in [0.717, 1.165) is 11.1 Å². The molecule has 1 heterocycles. The van der Waals surface area contributed by atoms with Gasteiger partial charge in [-0.05, 0) is 11.4 Å². The Morgan fingerprint density at radius 2 is 2.38 bits per heavy atom. The summed E-state index contributed by atoms with van der Waals surface area (Å²) in [4.78, 5) is 0.900. The molecule has 1 aromatic heterocycles. The summed E-state index contributed by atoms with van der Waals surface area (Å²) in [5.74, 6) is 5.38. The summed E-state index contributed by atoms with van der Waals surface area (Å²) in [6, 6.07) is 3.74. The molecule has 5 heteroatoms. The van der Waals surface area contributed by atoms with Gasteiger partial charge in [0.15, 0.2) is 0 Å². The fourth-order valence-corrected chi connectivity index (χ4v) is 1.47. The molecule has 0 amide bonds. The highest BCUT2D eigenvalue weighted by atomic mass is 32.2. The molecule has 0 unspecified atom stereocenters. The van der Waals surface area contributed by atoms with Crippen LogP contribution in [-0.4, -0.2) is 21.3 Å². The Hall–Kier alpha value is -0.830. The van der Waals surface area contributed by atoms with E-state index < -0.39 is 10.1 Å². The predicted octanol–water partition coefficient (Wildman–Crippen LogP) is 1.08. The quantitative estimate of drug-likeness (QED) is 0.549. The molecule has 0 atom stereocenters. The van der Waals surface area contributed by atoms with Crippen LogP contribution in [0.2, 0.25) is 0 Å². The normalized spacial score (nSPS) is 10.5. The molecule has 0 saturated carbocycles. The standard InChI is InChI=1S/C8H8O3S2/c1-13(9,10)11-6-2-4-8-5-3-7-12-8/h3,5,7H,6H2,1H3. The minimum Gasteiger partial charge on any atom is -0.257 e. The molecule has 0 fully saturated rings. The third-order valence-electron chi connectivity index (χ3n) is 1.08. The van der Waals surface area contributed by atoms with Crippen molar-refractivity contribution in [2.24, 2.45) is 0 Å². The first-order valence-corrected chi connectivity index (χ1v) is 6.14. The topological polar surface area (TPSA) is 43.4 Å². The SMILES string of the molecule is CS(=O)(=O)OCC#Cc1cccs1. The van der Waals surface area contributed by atoms with Gasteiger partial charge < -0.3 is 0 Å². The Morgan fingerprint density at radius 3 is 2.92 bits per heavy atom. The van der Waals surface area contributed by atoms with Gasteiger partial charge in [0.2, 0.25) is 0 Å². The summed E-state index contributed by atoms with van der Waals surface area (Å²) in [5, 5.41) is 1.90. The van der Waals surface area contributed by atoms with Crippen molar-refractivity contribution in [3.63, 3.8) is 0 Å². The van der Waals surface area contributed by atoms with Crippen LogP contribution < -0.4 is 0 Å². The molecule has 0 aliphatic heterocycles. The lowest BCUT2D eigenvalue weighted by Gasteiger charge is -1.91. The van der Waals surface area contributed by atoms with E-state index in [1.807, 2.05) is 17.5 Å². The van der Waals surface area contributed by atoms with Gasteiger partial charge in [-0.2, -0.15) is 8.42 Å². The zero-order chi connectivity index (χ0) is 9.73. The van der Waals surface area contributed by atoms with Gasteiger partial charge in [-0.1, -0.05) is 17.9 Å². The first-order chi connectivity index (χ1) is 6.08. The highest BCUT2D eigenvalue weighted by Crippen LogP contribution is 2.05. The molecule has 0 spiro atoms. The molecule has 0 aromatic carbocycles. The van der Waals surface area contributed by atoms with Crippen LogP contribution in [-0.2, 0) is 14.3 Å². The maximum Gasteiger partial charge on any atom is 0.265 e. The van der Waals surface area contributed by atoms with Crippen LogP contribution in [0.15, 0.2) is 17.5 Å². The highest BCUT2D eigenvalue weighted by Gasteiger charge is 1.97. The van der Waals surface area contributed by atoms with E-state index in [2.05, 4.69) is 16.0 Å². The molecule has 1 rings (SSSR count). The van der Waals surface area contributed by atoms with Crippen molar-refractivity contribution >= 4 is 21.5 Å². The fourth-order valence-electron chi connectivity index (χ4n) is 0.609. The van der Waals surface area contributed by atoms with Crippen LogP contribution >= 0.6 is 11.3 Å². The smallest absolute Gasteiger partial charge is 0.257 e. The Balaban J connectivity index is 2.43. The first-order valence-electron chi connectivity index (χ1n) is 3.45. The van der Waals surface area contributed by atoms with Crippen molar-refractivity contribution in [1.29, 1.82) is 0 Å². The lowest BCUT2D eigenvalue weighted by molar-refractivity contribution is 0.368. The molecule has 0 saturated heterocycles. The summed E-state index contributed by atoms with van der Waals surface area (Å²) < 4.78 is 25.4. The van der Waals surface area contributed by atoms with Crippen LogP contribution in [0, 0.1) is 11.8 Å². The van der Waals surface area contributed by atoms with Crippen molar-refractivity contribution < 1.29 is 12.6 Å². The summed E-state index contributed by atoms with van der Waals surface area (Å²) in [6.45, 7) is -0.0866. The van der Waals surface area contributed by atoms with E-state index in [0.29, 0.717) is 0 Å². The molecule has 3 nitrogen and oxygen atoms in total. The second-order valence-corrected chi connectivity index (χ2v) is 4.84. The molecule has 0 aliphatic rings. The van der Waals surface area contributed by atoms with Crippen LogP contribution in [0.25, 0.3) is 0 Å². The van der Waals surface area contributed by atoms with E-state index >= 15 is 0 Å². The predicted molar refractivity (Wildman–Crippen MR) is 52.0 cm³/mol. The number of thiophene rings is 1. The highest BCUT2D eigenvalue weighted by molar-refractivity contribution is 7.86. The van der Waals surface area contributed by atoms with E-state index in [-0.39, 0.29) is 6.61 Å². The van der Waals surface area contributed by atoms with Crippen molar-refractivity contribution in [2.75, 3.05) is 12.9 Å². The van der Waals surface area contributed by atoms with Gasteiger partial charge >= 0.3 is 0 Å². The zero-order valence-corrected chi connectivity index (χ0v) is 8.61. The minimum atomic E-state index is -3.36. The summed E-state index contributed by atoms with van der Waals surface area (Å²) in [7, 11) is -3.36. The minimum absolute atomic E-state index is 0.0866. The van der Waals surface area contributed by atoms with Crippen molar-refractivity contribution in [1.82, 2.24) is 0 Å². The number of hydrogen-bond donors (Lipinski definition) is 0. The van der Waals surface area contributed by atoms with Gasteiger partial charge in [0, 0.05) is 0 Å². The van der Waals surface area contributed by atoms with Gasteiger partial charge in [-0.25, -0.2) is 0 Å². The Labute approximate surface area is 81.5 Å². The molecule has 0 aliphatic carbocycles. The molecule has 0 N–H and O–H groups in total. The van der Waals surface area contributed by atoms with Crippen molar-refractivity contribution in [2.45, 2.75) is 0 Å². The Bertz CT molecular complexity index is 406. The fraction of sp³-hybridized carbons (Fsp3) is 0.250.